The molecule has 2 nitrogen and oxygen atoms in total. The molecule has 0 bridgehead atoms. The van der Waals surface area contributed by atoms with Crippen LogP contribution >= 0.6 is 12.2 Å². The highest BCUT2D eigenvalue weighted by Gasteiger charge is 2.07. The molecule has 5 heteroatoms. The zero-order valence-corrected chi connectivity index (χ0v) is 11.6. The second-order valence-electron chi connectivity index (χ2n) is 4.37. The molecule has 0 fully saturated rings. The van der Waals surface area contributed by atoms with E-state index in [4.69, 9.17) is 22.7 Å². The fraction of sp³-hybridized carbons (Fsp3) is 0.133. The molecule has 0 heterocycles. The molecule has 0 amide bonds. The van der Waals surface area contributed by atoms with Gasteiger partial charge in [0.1, 0.15) is 29.0 Å². The minimum atomic E-state index is -0.522. The van der Waals surface area contributed by atoms with Crippen molar-refractivity contribution >= 4 is 17.2 Å². The molecule has 0 aliphatic heterocycles. The summed E-state index contributed by atoms with van der Waals surface area (Å²) >= 11 is 4.72. The molecule has 2 aromatic rings. The quantitative estimate of drug-likeness (QED) is 0.877. The highest BCUT2D eigenvalue weighted by Crippen LogP contribution is 2.19. The van der Waals surface area contributed by atoms with Crippen molar-refractivity contribution in [3.8, 4) is 5.75 Å². The van der Waals surface area contributed by atoms with Crippen LogP contribution in [-0.2, 0) is 6.61 Å². The molecule has 0 aliphatic rings. The highest BCUT2D eigenvalue weighted by atomic mass is 32.1. The summed E-state index contributed by atoms with van der Waals surface area (Å²) in [4.78, 5) is 0.00318. The second kappa shape index (κ2) is 5.96. The van der Waals surface area contributed by atoms with E-state index in [1.807, 2.05) is 0 Å². The molecule has 0 atom stereocenters. The summed E-state index contributed by atoms with van der Waals surface area (Å²) in [6, 6.07) is 8.73. The smallest absolute Gasteiger partial charge is 0.137 e. The zero-order valence-electron chi connectivity index (χ0n) is 10.8. The van der Waals surface area contributed by atoms with E-state index in [-0.39, 0.29) is 23.0 Å². The van der Waals surface area contributed by atoms with E-state index in [9.17, 15) is 8.78 Å². The summed E-state index contributed by atoms with van der Waals surface area (Å²) in [6.07, 6.45) is 0. The van der Waals surface area contributed by atoms with Gasteiger partial charge in [-0.25, -0.2) is 8.78 Å². The van der Waals surface area contributed by atoms with E-state index < -0.39 is 5.82 Å². The summed E-state index contributed by atoms with van der Waals surface area (Å²) in [7, 11) is 0. The molecule has 2 rings (SSSR count). The normalized spacial score (nSPS) is 10.3. The third-order valence-corrected chi connectivity index (χ3v) is 3.12. The van der Waals surface area contributed by atoms with Crippen LogP contribution in [0.2, 0.25) is 0 Å². The van der Waals surface area contributed by atoms with Gasteiger partial charge in [0.05, 0.1) is 0 Å². The van der Waals surface area contributed by atoms with E-state index in [1.165, 1.54) is 24.3 Å². The Balaban J connectivity index is 2.11. The van der Waals surface area contributed by atoms with Gasteiger partial charge in [0.25, 0.3) is 0 Å². The molecule has 2 N–H and O–H groups in total. The van der Waals surface area contributed by atoms with Crippen LogP contribution in [0, 0.1) is 18.6 Å². The predicted octanol–water partition coefficient (Wildman–Crippen LogP) is 3.49. The van der Waals surface area contributed by atoms with Crippen molar-refractivity contribution in [2.45, 2.75) is 13.5 Å². The van der Waals surface area contributed by atoms with Crippen LogP contribution in [0.1, 0.15) is 16.7 Å². The lowest BCUT2D eigenvalue weighted by Gasteiger charge is -2.10. The van der Waals surface area contributed by atoms with Crippen LogP contribution in [0.25, 0.3) is 0 Å². The first-order valence-electron chi connectivity index (χ1n) is 5.94. The average molecular weight is 293 g/mol. The van der Waals surface area contributed by atoms with Gasteiger partial charge in [-0.3, -0.25) is 0 Å². The van der Waals surface area contributed by atoms with E-state index in [1.54, 1.807) is 19.1 Å². The van der Waals surface area contributed by atoms with Gasteiger partial charge < -0.3 is 10.5 Å². The third kappa shape index (κ3) is 3.30. The fourth-order valence-corrected chi connectivity index (χ4v) is 1.93. The first-order chi connectivity index (χ1) is 9.47. The molecule has 0 aliphatic carbocycles. The Labute approximate surface area is 121 Å². The van der Waals surface area contributed by atoms with E-state index in [0.717, 1.165) is 11.1 Å². The molecular formula is C15H13F2NOS. The lowest BCUT2D eigenvalue weighted by Crippen LogP contribution is -2.11. The lowest BCUT2D eigenvalue weighted by molar-refractivity contribution is 0.303. The van der Waals surface area contributed by atoms with Gasteiger partial charge in [-0.15, -0.1) is 0 Å². The zero-order chi connectivity index (χ0) is 14.7. The predicted molar refractivity (Wildman–Crippen MR) is 77.8 cm³/mol. The number of nitrogens with two attached hydrogens (primary N) is 1. The number of halogens is 2. The minimum absolute atomic E-state index is 0.00318. The molecule has 0 aromatic heterocycles. The Kier molecular flexibility index (Phi) is 4.29. The molecule has 2 aromatic carbocycles. The Morgan fingerprint density at radius 3 is 2.55 bits per heavy atom. The van der Waals surface area contributed by atoms with Gasteiger partial charge in [-0.05, 0) is 42.3 Å². The number of rotatable bonds is 4. The van der Waals surface area contributed by atoms with Crippen molar-refractivity contribution < 1.29 is 13.5 Å². The second-order valence-corrected chi connectivity index (χ2v) is 4.81. The standard InChI is InChI=1S/C15H13F2NOS/c1-9-6-11(16)3-2-10(9)8-19-12-4-5-13(15(18)20)14(17)7-12/h2-7H,8H2,1H3,(H2,18,20). The number of benzene rings is 2. The number of hydrogen-bond acceptors (Lipinski definition) is 2. The number of hydrogen-bond donors (Lipinski definition) is 1. The summed E-state index contributed by atoms with van der Waals surface area (Å²) in [5.41, 5.74) is 7.19. The maximum Gasteiger partial charge on any atom is 0.137 e. The number of thiocarbonyl (C=S) groups is 1. The molecule has 20 heavy (non-hydrogen) atoms. The molecule has 0 saturated heterocycles. The fourth-order valence-electron chi connectivity index (χ4n) is 1.77. The van der Waals surface area contributed by atoms with Crippen LogP contribution in [-0.4, -0.2) is 4.99 Å². The maximum absolute atomic E-state index is 13.7. The van der Waals surface area contributed by atoms with Crippen molar-refractivity contribution in [1.29, 1.82) is 0 Å². The molecular weight excluding hydrogens is 280 g/mol. The van der Waals surface area contributed by atoms with Gasteiger partial charge in [-0.1, -0.05) is 18.3 Å². The van der Waals surface area contributed by atoms with Crippen LogP contribution in [0.15, 0.2) is 36.4 Å². The molecule has 0 unspecified atom stereocenters. The largest absolute Gasteiger partial charge is 0.489 e. The Hall–Kier alpha value is -2.01. The van der Waals surface area contributed by atoms with Gasteiger partial charge >= 0.3 is 0 Å². The van der Waals surface area contributed by atoms with E-state index >= 15 is 0 Å². The van der Waals surface area contributed by atoms with Crippen LogP contribution in [0.4, 0.5) is 8.78 Å². The van der Waals surface area contributed by atoms with Crippen molar-refractivity contribution in [2.24, 2.45) is 5.73 Å². The highest BCUT2D eigenvalue weighted by molar-refractivity contribution is 7.80. The van der Waals surface area contributed by atoms with Gasteiger partial charge in [-0.2, -0.15) is 0 Å². The Morgan fingerprint density at radius 2 is 1.95 bits per heavy atom. The van der Waals surface area contributed by atoms with E-state index in [0.29, 0.717) is 5.75 Å². The molecule has 0 saturated carbocycles. The van der Waals surface area contributed by atoms with E-state index in [2.05, 4.69) is 0 Å². The van der Waals surface area contributed by atoms with Gasteiger partial charge in [0.2, 0.25) is 0 Å². The van der Waals surface area contributed by atoms with Crippen LogP contribution < -0.4 is 10.5 Å². The molecule has 0 spiro atoms. The molecule has 104 valence electrons. The minimum Gasteiger partial charge on any atom is -0.489 e. The van der Waals surface area contributed by atoms with Crippen LogP contribution in [0.3, 0.4) is 0 Å². The summed E-state index contributed by atoms with van der Waals surface area (Å²) < 4.78 is 32.1. The van der Waals surface area contributed by atoms with Crippen molar-refractivity contribution in [2.75, 3.05) is 0 Å². The Bertz CT molecular complexity index is 658. The Morgan fingerprint density at radius 1 is 1.20 bits per heavy atom. The van der Waals surface area contributed by atoms with Crippen molar-refractivity contribution in [3.63, 3.8) is 0 Å². The summed E-state index contributed by atoms with van der Waals surface area (Å²) in [5, 5.41) is 0. The number of ether oxygens (including phenoxy) is 1. The number of aryl methyl sites for hydroxylation is 1. The monoisotopic (exact) mass is 293 g/mol. The lowest BCUT2D eigenvalue weighted by atomic mass is 10.1. The van der Waals surface area contributed by atoms with Gasteiger partial charge in [0.15, 0.2) is 0 Å². The van der Waals surface area contributed by atoms with Crippen molar-refractivity contribution in [3.05, 3.63) is 64.7 Å². The van der Waals surface area contributed by atoms with Crippen molar-refractivity contribution in [1.82, 2.24) is 0 Å². The SMILES string of the molecule is Cc1cc(F)ccc1COc1ccc(C(N)=S)c(F)c1. The van der Waals surface area contributed by atoms with Gasteiger partial charge in [0, 0.05) is 11.6 Å². The third-order valence-electron chi connectivity index (χ3n) is 2.90. The average Bonchev–Trinajstić information content (AvgIpc) is 2.37. The topological polar surface area (TPSA) is 35.2 Å². The van der Waals surface area contributed by atoms with Crippen LogP contribution in [0.5, 0.6) is 5.75 Å². The summed E-state index contributed by atoms with van der Waals surface area (Å²) in [5.74, 6) is -0.449. The first kappa shape index (κ1) is 14.4. The maximum atomic E-state index is 13.7. The molecule has 0 radical (unpaired) electrons. The summed E-state index contributed by atoms with van der Waals surface area (Å²) in [6.45, 7) is 2.02. The first-order valence-corrected chi connectivity index (χ1v) is 6.35.